The first-order chi connectivity index (χ1) is 9.97. The number of thiocarbonyl (C=S) groups is 1. The van der Waals surface area contributed by atoms with Crippen LogP contribution in [0.2, 0.25) is 0 Å². The van der Waals surface area contributed by atoms with Crippen molar-refractivity contribution in [3.8, 4) is 0 Å². The van der Waals surface area contributed by atoms with Crippen molar-refractivity contribution in [1.82, 2.24) is 5.32 Å². The molecule has 0 fully saturated rings. The molecule has 0 aliphatic carbocycles. The van der Waals surface area contributed by atoms with Crippen LogP contribution in [0, 0.1) is 17.5 Å². The lowest BCUT2D eigenvalue weighted by atomic mass is 10.1. The molecule has 110 valence electrons. The predicted molar refractivity (Wildman–Crippen MR) is 80.5 cm³/mol. The first-order valence-electron chi connectivity index (χ1n) is 6.24. The normalized spacial score (nSPS) is 11.8. The van der Waals surface area contributed by atoms with Gasteiger partial charge in [-0.1, -0.05) is 18.2 Å². The third-order valence-electron chi connectivity index (χ3n) is 2.91. The van der Waals surface area contributed by atoms with E-state index < -0.39 is 17.5 Å². The van der Waals surface area contributed by atoms with Crippen molar-refractivity contribution >= 4 is 23.0 Å². The molecule has 1 atom stereocenters. The fourth-order valence-corrected chi connectivity index (χ4v) is 2.07. The molecule has 2 nitrogen and oxygen atoms in total. The second-order valence-corrected chi connectivity index (χ2v) is 4.88. The lowest BCUT2D eigenvalue weighted by Crippen LogP contribution is -2.31. The van der Waals surface area contributed by atoms with E-state index in [1.54, 1.807) is 25.1 Å². The number of rotatable bonds is 3. The molecule has 0 saturated carbocycles. The van der Waals surface area contributed by atoms with Gasteiger partial charge in [-0.3, -0.25) is 0 Å². The minimum Gasteiger partial charge on any atom is -0.356 e. The van der Waals surface area contributed by atoms with Crippen LogP contribution in [0.3, 0.4) is 0 Å². The first-order valence-corrected chi connectivity index (χ1v) is 6.65. The second-order valence-electron chi connectivity index (χ2n) is 4.47. The van der Waals surface area contributed by atoms with Crippen molar-refractivity contribution in [1.29, 1.82) is 0 Å². The molecule has 0 aliphatic heterocycles. The smallest absolute Gasteiger partial charge is 0.171 e. The molecule has 2 aromatic rings. The van der Waals surface area contributed by atoms with E-state index in [0.717, 1.165) is 12.1 Å². The van der Waals surface area contributed by atoms with Crippen LogP contribution in [0.25, 0.3) is 0 Å². The quantitative estimate of drug-likeness (QED) is 0.833. The van der Waals surface area contributed by atoms with Crippen LogP contribution in [-0.2, 0) is 0 Å². The summed E-state index contributed by atoms with van der Waals surface area (Å²) in [6.07, 6.45) is 0. The number of hydrogen-bond acceptors (Lipinski definition) is 1. The monoisotopic (exact) mass is 310 g/mol. The van der Waals surface area contributed by atoms with E-state index in [0.29, 0.717) is 5.56 Å². The summed E-state index contributed by atoms with van der Waals surface area (Å²) in [6, 6.07) is 9.35. The van der Waals surface area contributed by atoms with Crippen LogP contribution in [-0.4, -0.2) is 5.11 Å². The lowest BCUT2D eigenvalue weighted by Gasteiger charge is -2.17. The summed E-state index contributed by atoms with van der Waals surface area (Å²) >= 11 is 5.07. The Morgan fingerprint density at radius 1 is 1.00 bits per heavy atom. The molecule has 2 rings (SSSR count). The summed E-state index contributed by atoms with van der Waals surface area (Å²) in [6.45, 7) is 1.74. The zero-order chi connectivity index (χ0) is 15.4. The van der Waals surface area contributed by atoms with E-state index in [2.05, 4.69) is 10.6 Å². The van der Waals surface area contributed by atoms with Crippen molar-refractivity contribution in [3.63, 3.8) is 0 Å². The first kappa shape index (κ1) is 15.3. The lowest BCUT2D eigenvalue weighted by molar-refractivity contribution is 0.505. The van der Waals surface area contributed by atoms with Gasteiger partial charge in [-0.25, -0.2) is 13.2 Å². The average molecular weight is 310 g/mol. The summed E-state index contributed by atoms with van der Waals surface area (Å²) < 4.78 is 39.5. The highest BCUT2D eigenvalue weighted by Gasteiger charge is 2.11. The highest BCUT2D eigenvalue weighted by atomic mass is 32.1. The number of nitrogens with one attached hydrogen (secondary N) is 2. The minimum absolute atomic E-state index is 0.192. The molecule has 0 bridgehead atoms. The molecule has 2 N–H and O–H groups in total. The van der Waals surface area contributed by atoms with E-state index in [-0.39, 0.29) is 16.8 Å². The number of benzene rings is 2. The molecular formula is C15H13F3N2S. The van der Waals surface area contributed by atoms with E-state index in [1.165, 1.54) is 12.1 Å². The van der Waals surface area contributed by atoms with Gasteiger partial charge in [-0.05, 0) is 49.0 Å². The van der Waals surface area contributed by atoms with Crippen molar-refractivity contribution in [3.05, 3.63) is 65.5 Å². The molecule has 21 heavy (non-hydrogen) atoms. The summed E-state index contributed by atoms with van der Waals surface area (Å²) in [7, 11) is 0. The second kappa shape index (κ2) is 6.58. The van der Waals surface area contributed by atoms with Gasteiger partial charge in [0.25, 0.3) is 0 Å². The van der Waals surface area contributed by atoms with Gasteiger partial charge < -0.3 is 10.6 Å². The third-order valence-corrected chi connectivity index (χ3v) is 3.13. The highest BCUT2D eigenvalue weighted by molar-refractivity contribution is 7.80. The fraction of sp³-hybridized carbons (Fsp3) is 0.133. The van der Waals surface area contributed by atoms with Gasteiger partial charge in [0, 0.05) is 0 Å². The van der Waals surface area contributed by atoms with Crippen molar-refractivity contribution in [2.24, 2.45) is 0 Å². The minimum atomic E-state index is -0.922. The number of para-hydroxylation sites is 1. The van der Waals surface area contributed by atoms with Gasteiger partial charge in [0.2, 0.25) is 0 Å². The van der Waals surface area contributed by atoms with Crippen LogP contribution in [0.1, 0.15) is 18.5 Å². The number of hydrogen-bond donors (Lipinski definition) is 2. The van der Waals surface area contributed by atoms with Crippen LogP contribution in [0.15, 0.2) is 42.5 Å². The topological polar surface area (TPSA) is 24.1 Å². The zero-order valence-corrected chi connectivity index (χ0v) is 12.0. The van der Waals surface area contributed by atoms with Gasteiger partial charge >= 0.3 is 0 Å². The molecule has 0 radical (unpaired) electrons. The van der Waals surface area contributed by atoms with Gasteiger partial charge in [0.15, 0.2) is 16.7 Å². The molecular weight excluding hydrogens is 297 g/mol. The van der Waals surface area contributed by atoms with Crippen molar-refractivity contribution in [2.45, 2.75) is 13.0 Å². The summed E-state index contributed by atoms with van der Waals surface area (Å²) in [5.74, 6) is -2.26. The molecule has 0 heterocycles. The fourth-order valence-electron chi connectivity index (χ4n) is 1.78. The van der Waals surface area contributed by atoms with Crippen LogP contribution in [0.4, 0.5) is 18.9 Å². The maximum Gasteiger partial charge on any atom is 0.171 e. The summed E-state index contributed by atoms with van der Waals surface area (Å²) in [4.78, 5) is 0. The van der Waals surface area contributed by atoms with E-state index >= 15 is 0 Å². The highest BCUT2D eigenvalue weighted by Crippen LogP contribution is 2.17. The maximum absolute atomic E-state index is 13.5. The molecule has 0 aliphatic rings. The number of halogens is 3. The van der Waals surface area contributed by atoms with Crippen molar-refractivity contribution in [2.75, 3.05) is 5.32 Å². The van der Waals surface area contributed by atoms with Crippen LogP contribution >= 0.6 is 12.2 Å². The molecule has 0 saturated heterocycles. The average Bonchev–Trinajstić information content (AvgIpc) is 2.44. The Hall–Kier alpha value is -2.08. The Bertz CT molecular complexity index is 661. The zero-order valence-electron chi connectivity index (χ0n) is 11.2. The van der Waals surface area contributed by atoms with Crippen LogP contribution < -0.4 is 10.6 Å². The standard InChI is InChI=1S/C15H13F3N2S/c1-9(10-6-7-11(16)13(18)8-10)19-15(21)20-14-5-3-2-4-12(14)17/h2-9H,1H3,(H2,19,20,21)/t9-/m1/s1. The molecule has 0 unspecified atom stereocenters. The molecule has 2 aromatic carbocycles. The van der Waals surface area contributed by atoms with E-state index in [4.69, 9.17) is 12.2 Å². The largest absolute Gasteiger partial charge is 0.356 e. The van der Waals surface area contributed by atoms with Gasteiger partial charge in [0.05, 0.1) is 11.7 Å². The molecule has 0 aromatic heterocycles. The number of anilines is 1. The van der Waals surface area contributed by atoms with Gasteiger partial charge in [0.1, 0.15) is 5.82 Å². The Labute approximate surface area is 126 Å². The predicted octanol–water partition coefficient (Wildman–Crippen LogP) is 4.15. The molecule has 0 amide bonds. The SMILES string of the molecule is C[C@@H](NC(=S)Nc1ccccc1F)c1ccc(F)c(F)c1. The Balaban J connectivity index is 2.02. The Morgan fingerprint density at radius 2 is 1.71 bits per heavy atom. The van der Waals surface area contributed by atoms with Gasteiger partial charge in [-0.2, -0.15) is 0 Å². The molecule has 6 heteroatoms. The Morgan fingerprint density at radius 3 is 2.38 bits per heavy atom. The third kappa shape index (κ3) is 3.95. The maximum atomic E-state index is 13.5. The van der Waals surface area contributed by atoms with Gasteiger partial charge in [-0.15, -0.1) is 0 Å². The van der Waals surface area contributed by atoms with E-state index in [9.17, 15) is 13.2 Å². The van der Waals surface area contributed by atoms with E-state index in [1.807, 2.05) is 0 Å². The van der Waals surface area contributed by atoms with Crippen molar-refractivity contribution < 1.29 is 13.2 Å². The summed E-state index contributed by atoms with van der Waals surface area (Å²) in [5, 5.41) is 5.79. The molecule has 0 spiro atoms. The van der Waals surface area contributed by atoms with Crippen LogP contribution in [0.5, 0.6) is 0 Å². The Kier molecular flexibility index (Phi) is 4.80. The summed E-state index contributed by atoms with van der Waals surface area (Å²) in [5.41, 5.74) is 0.777.